The molecule has 0 fully saturated rings. The number of allylic oxidation sites excluding steroid dienone is 1. The van der Waals surface area contributed by atoms with Gasteiger partial charge in [-0.2, -0.15) is 5.26 Å². The van der Waals surface area contributed by atoms with Crippen LogP contribution in [0.25, 0.3) is 11.0 Å². The van der Waals surface area contributed by atoms with Gasteiger partial charge in [0.15, 0.2) is 5.75 Å². The highest BCUT2D eigenvalue weighted by molar-refractivity contribution is 14.1. The molecule has 4 rings (SSSR count). The van der Waals surface area contributed by atoms with Crippen molar-refractivity contribution < 1.29 is 9.15 Å². The van der Waals surface area contributed by atoms with Crippen LogP contribution >= 0.6 is 22.6 Å². The Balaban J connectivity index is 2.12. The van der Waals surface area contributed by atoms with Crippen LogP contribution in [0.3, 0.4) is 0 Å². The maximum atomic E-state index is 12.7. The number of nitrogens with two attached hydrogens (primary N) is 1. The van der Waals surface area contributed by atoms with E-state index in [0.717, 1.165) is 9.13 Å². The summed E-state index contributed by atoms with van der Waals surface area (Å²) in [6, 6.07) is 16.7. The quantitative estimate of drug-likeness (QED) is 0.460. The van der Waals surface area contributed by atoms with Crippen molar-refractivity contribution in [1.82, 2.24) is 0 Å². The van der Waals surface area contributed by atoms with E-state index >= 15 is 0 Å². The number of nitrogens with zero attached hydrogens (tertiary/aromatic N) is 1. The zero-order chi connectivity index (χ0) is 17.6. The molecule has 122 valence electrons. The summed E-state index contributed by atoms with van der Waals surface area (Å²) in [5.41, 5.74) is 7.23. The molecule has 5 nitrogen and oxygen atoms in total. The topological polar surface area (TPSA) is 89.3 Å². The number of hydrogen-bond donors (Lipinski definition) is 1. The minimum Gasteiger partial charge on any atom is -0.439 e. The van der Waals surface area contributed by atoms with Crippen molar-refractivity contribution in [3.8, 4) is 11.8 Å². The monoisotopic (exact) mass is 442 g/mol. The zero-order valence-corrected chi connectivity index (χ0v) is 15.0. The van der Waals surface area contributed by atoms with Gasteiger partial charge in [-0.3, -0.25) is 0 Å². The first-order chi connectivity index (χ1) is 12.1. The number of para-hydroxylation sites is 1. The predicted molar refractivity (Wildman–Crippen MR) is 101 cm³/mol. The van der Waals surface area contributed by atoms with Crippen LogP contribution in [0.15, 0.2) is 69.2 Å². The summed E-state index contributed by atoms with van der Waals surface area (Å²) < 4.78 is 12.1. The van der Waals surface area contributed by atoms with Crippen LogP contribution < -0.4 is 16.1 Å². The van der Waals surface area contributed by atoms with Gasteiger partial charge in [-0.25, -0.2) is 4.79 Å². The van der Waals surface area contributed by atoms with Gasteiger partial charge in [0.25, 0.3) is 0 Å². The maximum absolute atomic E-state index is 12.7. The Bertz CT molecular complexity index is 1140. The minimum absolute atomic E-state index is 0.00964. The Morgan fingerprint density at radius 1 is 1.12 bits per heavy atom. The summed E-state index contributed by atoms with van der Waals surface area (Å²) in [6.45, 7) is 0. The van der Waals surface area contributed by atoms with E-state index in [4.69, 9.17) is 14.9 Å². The van der Waals surface area contributed by atoms with Crippen LogP contribution in [0.1, 0.15) is 17.0 Å². The third-order valence-electron chi connectivity index (χ3n) is 4.19. The molecular formula is C19H11IN2O3. The van der Waals surface area contributed by atoms with Gasteiger partial charge in [0.1, 0.15) is 17.2 Å². The van der Waals surface area contributed by atoms with Crippen LogP contribution in [0.2, 0.25) is 0 Å². The van der Waals surface area contributed by atoms with Gasteiger partial charge in [0.05, 0.1) is 16.9 Å². The largest absolute Gasteiger partial charge is 0.439 e. The van der Waals surface area contributed by atoms with Crippen molar-refractivity contribution in [2.24, 2.45) is 5.73 Å². The fourth-order valence-corrected chi connectivity index (χ4v) is 3.78. The molecule has 1 unspecified atom stereocenters. The molecule has 2 aromatic carbocycles. The summed E-state index contributed by atoms with van der Waals surface area (Å²) in [5.74, 6) is -0.258. The highest BCUT2D eigenvalue weighted by atomic mass is 127. The highest BCUT2D eigenvalue weighted by Gasteiger charge is 2.36. The Labute approximate surface area is 156 Å². The lowest BCUT2D eigenvalue weighted by Crippen LogP contribution is -2.26. The molecule has 1 aliphatic rings. The van der Waals surface area contributed by atoms with E-state index in [-0.39, 0.29) is 11.5 Å². The molecule has 1 aliphatic heterocycles. The Kier molecular flexibility index (Phi) is 3.73. The average Bonchev–Trinajstić information content (AvgIpc) is 2.61. The molecule has 0 spiro atoms. The lowest BCUT2D eigenvalue weighted by molar-refractivity contribution is 0.388. The standard InChI is InChI=1S/C19H11IN2O3/c20-13-7-3-1-5-10(13)15-12(9-21)18(22)25-17-11-6-2-4-8-14(11)24-19(23)16(15)17/h1-8,15H,22H2. The third-order valence-corrected chi connectivity index (χ3v) is 5.17. The van der Waals surface area contributed by atoms with Gasteiger partial charge in [0, 0.05) is 3.57 Å². The molecule has 2 heterocycles. The molecule has 6 heteroatoms. The molecule has 1 atom stereocenters. The van der Waals surface area contributed by atoms with Crippen LogP contribution in [0, 0.1) is 14.9 Å². The molecule has 2 N–H and O–H groups in total. The van der Waals surface area contributed by atoms with Crippen molar-refractivity contribution in [1.29, 1.82) is 5.26 Å². The third kappa shape index (κ3) is 2.39. The molecule has 0 aliphatic carbocycles. The average molecular weight is 442 g/mol. The maximum Gasteiger partial charge on any atom is 0.344 e. The molecular weight excluding hydrogens is 431 g/mol. The van der Waals surface area contributed by atoms with Gasteiger partial charge < -0.3 is 14.9 Å². The SMILES string of the molecule is N#CC1=C(N)Oc2c(c(=O)oc3ccccc23)C1c1ccccc1I. The molecule has 0 amide bonds. The van der Waals surface area contributed by atoms with Crippen molar-refractivity contribution in [2.45, 2.75) is 5.92 Å². The van der Waals surface area contributed by atoms with E-state index in [1.807, 2.05) is 30.3 Å². The number of nitriles is 1. The van der Waals surface area contributed by atoms with E-state index in [9.17, 15) is 10.1 Å². The number of hydrogen-bond acceptors (Lipinski definition) is 5. The number of benzene rings is 2. The first-order valence-corrected chi connectivity index (χ1v) is 8.57. The van der Waals surface area contributed by atoms with Crippen LogP contribution in [-0.4, -0.2) is 0 Å². The molecule has 25 heavy (non-hydrogen) atoms. The summed E-state index contributed by atoms with van der Waals surface area (Å²) in [5, 5.41) is 10.3. The van der Waals surface area contributed by atoms with Gasteiger partial charge in [-0.1, -0.05) is 30.3 Å². The lowest BCUT2D eigenvalue weighted by Gasteiger charge is -2.26. The summed E-state index contributed by atoms with van der Waals surface area (Å²) in [7, 11) is 0. The van der Waals surface area contributed by atoms with E-state index in [1.54, 1.807) is 18.2 Å². The first-order valence-electron chi connectivity index (χ1n) is 7.49. The van der Waals surface area contributed by atoms with E-state index in [0.29, 0.717) is 22.3 Å². The van der Waals surface area contributed by atoms with E-state index in [2.05, 4.69) is 28.7 Å². The number of halogens is 1. The van der Waals surface area contributed by atoms with E-state index < -0.39 is 11.5 Å². The predicted octanol–water partition coefficient (Wildman–Crippen LogP) is 3.62. The smallest absolute Gasteiger partial charge is 0.344 e. The van der Waals surface area contributed by atoms with Crippen molar-refractivity contribution in [2.75, 3.05) is 0 Å². The number of rotatable bonds is 1. The molecule has 0 saturated carbocycles. The summed E-state index contributed by atoms with van der Waals surface area (Å²) >= 11 is 2.18. The number of fused-ring (bicyclic) bond motifs is 3. The molecule has 0 radical (unpaired) electrons. The van der Waals surface area contributed by atoms with Gasteiger partial charge in [-0.15, -0.1) is 0 Å². The van der Waals surface area contributed by atoms with Crippen molar-refractivity contribution in [3.63, 3.8) is 0 Å². The van der Waals surface area contributed by atoms with Gasteiger partial charge in [-0.05, 0) is 46.4 Å². The van der Waals surface area contributed by atoms with E-state index in [1.165, 1.54) is 0 Å². The van der Waals surface area contributed by atoms with Crippen LogP contribution in [0.5, 0.6) is 5.75 Å². The second-order valence-electron chi connectivity index (χ2n) is 5.57. The molecule has 0 bridgehead atoms. The van der Waals surface area contributed by atoms with Gasteiger partial charge >= 0.3 is 5.63 Å². The Hall–Kier alpha value is -2.79. The number of ether oxygens (including phenoxy) is 1. The summed E-state index contributed by atoms with van der Waals surface area (Å²) in [4.78, 5) is 12.7. The normalized spacial score (nSPS) is 16.2. The van der Waals surface area contributed by atoms with Crippen LogP contribution in [0.4, 0.5) is 0 Å². The first kappa shape index (κ1) is 15.7. The lowest BCUT2D eigenvalue weighted by atomic mass is 9.84. The second kappa shape index (κ2) is 5.93. The second-order valence-corrected chi connectivity index (χ2v) is 6.74. The Morgan fingerprint density at radius 2 is 1.84 bits per heavy atom. The van der Waals surface area contributed by atoms with Crippen LogP contribution in [-0.2, 0) is 0 Å². The molecule has 1 aromatic heterocycles. The zero-order valence-electron chi connectivity index (χ0n) is 12.8. The fourth-order valence-electron chi connectivity index (χ4n) is 3.09. The minimum atomic E-state index is -0.622. The highest BCUT2D eigenvalue weighted by Crippen LogP contribution is 2.44. The summed E-state index contributed by atoms with van der Waals surface area (Å²) in [6.07, 6.45) is 0. The molecule has 3 aromatic rings. The van der Waals surface area contributed by atoms with Crippen molar-refractivity contribution >= 4 is 33.6 Å². The molecule has 0 saturated heterocycles. The Morgan fingerprint density at radius 3 is 2.60 bits per heavy atom. The van der Waals surface area contributed by atoms with Gasteiger partial charge in [0.2, 0.25) is 5.88 Å². The fraction of sp³-hybridized carbons (Fsp3) is 0.0526. The van der Waals surface area contributed by atoms with Crippen molar-refractivity contribution in [3.05, 3.63) is 85.1 Å².